The van der Waals surface area contributed by atoms with Crippen LogP contribution in [0.1, 0.15) is 33.1 Å². The summed E-state index contributed by atoms with van der Waals surface area (Å²) >= 11 is 0. The normalized spacial score (nSPS) is 35.5. The lowest BCUT2D eigenvalue weighted by Crippen LogP contribution is -2.62. The Labute approximate surface area is 90.2 Å². The largest absolute Gasteiger partial charge is 0.392 e. The first kappa shape index (κ1) is 10.9. The fourth-order valence-electron chi connectivity index (χ4n) is 2.13. The zero-order chi connectivity index (χ0) is 11.3. The van der Waals surface area contributed by atoms with Crippen LogP contribution in [0, 0.1) is 10.8 Å². The minimum absolute atomic E-state index is 0.0787. The number of hydrogen-bond acceptors (Lipinski definition) is 3. The van der Waals surface area contributed by atoms with E-state index in [9.17, 15) is 9.90 Å². The van der Waals surface area contributed by atoms with Gasteiger partial charge in [0.05, 0.1) is 11.5 Å². The Hall–Kier alpha value is -0.610. The van der Waals surface area contributed by atoms with Gasteiger partial charge in [-0.15, -0.1) is 0 Å². The molecule has 4 heteroatoms. The minimum Gasteiger partial charge on any atom is -0.392 e. The Morgan fingerprint density at radius 1 is 1.53 bits per heavy atom. The summed E-state index contributed by atoms with van der Waals surface area (Å²) in [5.41, 5.74) is 5.11. The molecule has 0 aromatic heterocycles. The van der Waals surface area contributed by atoms with Gasteiger partial charge in [0.15, 0.2) is 0 Å². The van der Waals surface area contributed by atoms with Crippen LogP contribution in [0.2, 0.25) is 0 Å². The molecule has 4 nitrogen and oxygen atoms in total. The van der Waals surface area contributed by atoms with Gasteiger partial charge in [0, 0.05) is 18.0 Å². The van der Waals surface area contributed by atoms with E-state index in [0.717, 1.165) is 12.8 Å². The zero-order valence-electron chi connectivity index (χ0n) is 9.42. The predicted octanol–water partition coefficient (Wildman–Crippen LogP) is 0.000900. The average molecular weight is 212 g/mol. The van der Waals surface area contributed by atoms with Gasteiger partial charge in [0.2, 0.25) is 5.91 Å². The highest BCUT2D eigenvalue weighted by atomic mass is 16.3. The fraction of sp³-hybridized carbons (Fsp3) is 0.909. The molecule has 2 saturated carbocycles. The summed E-state index contributed by atoms with van der Waals surface area (Å²) < 4.78 is 0. The van der Waals surface area contributed by atoms with E-state index in [4.69, 9.17) is 5.73 Å². The van der Waals surface area contributed by atoms with Gasteiger partial charge in [-0.05, 0) is 19.3 Å². The van der Waals surface area contributed by atoms with Gasteiger partial charge < -0.3 is 16.2 Å². The van der Waals surface area contributed by atoms with Crippen molar-refractivity contribution in [3.63, 3.8) is 0 Å². The molecule has 2 atom stereocenters. The number of amides is 1. The molecular formula is C11H20N2O2. The molecule has 0 aliphatic heterocycles. The Bertz CT molecular complexity index is 284. The molecule has 2 rings (SSSR count). The smallest absolute Gasteiger partial charge is 0.227 e. The van der Waals surface area contributed by atoms with E-state index < -0.39 is 0 Å². The molecule has 0 radical (unpaired) electrons. The van der Waals surface area contributed by atoms with Crippen LogP contribution in [0.25, 0.3) is 0 Å². The fourth-order valence-corrected chi connectivity index (χ4v) is 2.13. The van der Waals surface area contributed by atoms with Crippen LogP contribution >= 0.6 is 0 Å². The van der Waals surface area contributed by atoms with Crippen LogP contribution in [0.5, 0.6) is 0 Å². The van der Waals surface area contributed by atoms with Crippen LogP contribution in [0.15, 0.2) is 0 Å². The number of nitrogens with one attached hydrogen (secondary N) is 1. The molecule has 0 aromatic rings. The highest BCUT2D eigenvalue weighted by Crippen LogP contribution is 2.46. The van der Waals surface area contributed by atoms with Gasteiger partial charge in [-0.1, -0.05) is 13.8 Å². The summed E-state index contributed by atoms with van der Waals surface area (Å²) in [5, 5.41) is 12.6. The van der Waals surface area contributed by atoms with Gasteiger partial charge in [-0.3, -0.25) is 4.79 Å². The molecule has 15 heavy (non-hydrogen) atoms. The Morgan fingerprint density at radius 2 is 2.13 bits per heavy atom. The highest BCUT2D eigenvalue weighted by molar-refractivity contribution is 5.86. The van der Waals surface area contributed by atoms with E-state index in [1.165, 1.54) is 0 Å². The second-order valence-electron chi connectivity index (χ2n) is 5.58. The van der Waals surface area contributed by atoms with E-state index in [1.807, 2.05) is 13.8 Å². The summed E-state index contributed by atoms with van der Waals surface area (Å²) in [6, 6.07) is 0.101. The predicted molar refractivity (Wildman–Crippen MR) is 57.1 cm³/mol. The minimum atomic E-state index is -0.296. The number of aliphatic hydroxyl groups is 1. The quantitative estimate of drug-likeness (QED) is 0.616. The average Bonchev–Trinajstić information content (AvgIpc) is 2.98. The molecular weight excluding hydrogens is 192 g/mol. The Kier molecular flexibility index (Phi) is 2.32. The van der Waals surface area contributed by atoms with Crippen LogP contribution in [0.4, 0.5) is 0 Å². The summed E-state index contributed by atoms with van der Waals surface area (Å²) in [4.78, 5) is 11.9. The van der Waals surface area contributed by atoms with Crippen LogP contribution < -0.4 is 11.1 Å². The van der Waals surface area contributed by atoms with Crippen molar-refractivity contribution in [1.29, 1.82) is 0 Å². The van der Waals surface area contributed by atoms with Crippen LogP contribution in [0.3, 0.4) is 0 Å². The van der Waals surface area contributed by atoms with Crippen molar-refractivity contribution in [3.05, 3.63) is 0 Å². The molecule has 4 N–H and O–H groups in total. The third kappa shape index (κ3) is 1.56. The maximum Gasteiger partial charge on any atom is 0.227 e. The van der Waals surface area contributed by atoms with Crippen molar-refractivity contribution >= 4 is 5.91 Å². The molecule has 2 aliphatic rings. The van der Waals surface area contributed by atoms with Crippen molar-refractivity contribution in [2.24, 2.45) is 16.6 Å². The van der Waals surface area contributed by atoms with E-state index in [0.29, 0.717) is 13.0 Å². The number of rotatable bonds is 3. The van der Waals surface area contributed by atoms with E-state index in [-0.39, 0.29) is 28.9 Å². The molecule has 1 amide bonds. The second-order valence-corrected chi connectivity index (χ2v) is 5.58. The molecule has 2 unspecified atom stereocenters. The molecule has 0 aromatic carbocycles. The lowest BCUT2D eigenvalue weighted by atomic mass is 9.64. The number of carbonyl (C=O) groups excluding carboxylic acids is 1. The van der Waals surface area contributed by atoms with Crippen molar-refractivity contribution in [2.45, 2.75) is 45.3 Å². The topological polar surface area (TPSA) is 75.3 Å². The zero-order valence-corrected chi connectivity index (χ0v) is 9.42. The monoisotopic (exact) mass is 212 g/mol. The van der Waals surface area contributed by atoms with Crippen molar-refractivity contribution in [3.8, 4) is 0 Å². The van der Waals surface area contributed by atoms with Gasteiger partial charge in [0.25, 0.3) is 0 Å². The first-order valence-electron chi connectivity index (χ1n) is 5.61. The summed E-state index contributed by atoms with van der Waals surface area (Å²) in [7, 11) is 0. The SMILES string of the molecule is CC1(C)C(O)CC1NC(=O)C1(CN)CC1. The maximum atomic E-state index is 11.9. The van der Waals surface area contributed by atoms with E-state index in [1.54, 1.807) is 0 Å². The Morgan fingerprint density at radius 3 is 2.47 bits per heavy atom. The van der Waals surface area contributed by atoms with E-state index >= 15 is 0 Å². The van der Waals surface area contributed by atoms with Crippen molar-refractivity contribution in [1.82, 2.24) is 5.32 Å². The third-order valence-electron chi connectivity index (χ3n) is 4.25. The van der Waals surface area contributed by atoms with Crippen molar-refractivity contribution in [2.75, 3.05) is 6.54 Å². The molecule has 2 fully saturated rings. The Balaban J connectivity index is 1.91. The lowest BCUT2D eigenvalue weighted by Gasteiger charge is -2.49. The van der Waals surface area contributed by atoms with Crippen LogP contribution in [-0.2, 0) is 4.79 Å². The molecule has 0 bridgehead atoms. The molecule has 2 aliphatic carbocycles. The molecule has 0 heterocycles. The first-order chi connectivity index (χ1) is 6.92. The molecule has 86 valence electrons. The van der Waals surface area contributed by atoms with Gasteiger partial charge in [0.1, 0.15) is 0 Å². The number of aliphatic hydroxyl groups excluding tert-OH is 1. The maximum absolute atomic E-state index is 11.9. The number of hydrogen-bond donors (Lipinski definition) is 3. The summed E-state index contributed by atoms with van der Waals surface area (Å²) in [6.07, 6.45) is 2.19. The van der Waals surface area contributed by atoms with Crippen molar-refractivity contribution < 1.29 is 9.90 Å². The standard InChI is InChI=1S/C11H20N2O2/c1-10(2)7(5-8(10)14)13-9(15)11(6-12)3-4-11/h7-8,14H,3-6,12H2,1-2H3,(H,13,15). The molecule has 0 saturated heterocycles. The van der Waals surface area contributed by atoms with Crippen LogP contribution in [-0.4, -0.2) is 29.7 Å². The molecule has 0 spiro atoms. The summed E-state index contributed by atoms with van der Waals surface area (Å²) in [5.74, 6) is 0.0787. The van der Waals surface area contributed by atoms with Gasteiger partial charge >= 0.3 is 0 Å². The second kappa shape index (κ2) is 3.19. The first-order valence-corrected chi connectivity index (χ1v) is 5.61. The van der Waals surface area contributed by atoms with E-state index in [2.05, 4.69) is 5.32 Å². The third-order valence-corrected chi connectivity index (χ3v) is 4.25. The van der Waals surface area contributed by atoms with Gasteiger partial charge in [-0.25, -0.2) is 0 Å². The lowest BCUT2D eigenvalue weighted by molar-refractivity contribution is -0.134. The van der Waals surface area contributed by atoms with Gasteiger partial charge in [-0.2, -0.15) is 0 Å². The highest BCUT2D eigenvalue weighted by Gasteiger charge is 2.53. The summed E-state index contributed by atoms with van der Waals surface area (Å²) in [6.45, 7) is 4.40. The number of carbonyl (C=O) groups is 1. The number of nitrogens with two attached hydrogens (primary N) is 1.